The van der Waals surface area contributed by atoms with Crippen molar-refractivity contribution in [1.29, 1.82) is 0 Å². The third-order valence-electron chi connectivity index (χ3n) is 2.64. The first-order valence-corrected chi connectivity index (χ1v) is 5.89. The Bertz CT molecular complexity index is 417. The molecule has 6 heteroatoms. The topological polar surface area (TPSA) is 97.1 Å². The smallest absolute Gasteiger partial charge is 0.241 e. The summed E-state index contributed by atoms with van der Waals surface area (Å²) in [6.07, 6.45) is 3.39. The van der Waals surface area contributed by atoms with E-state index in [1.807, 2.05) is 0 Å². The summed E-state index contributed by atoms with van der Waals surface area (Å²) in [5.41, 5.74) is 5.99. The van der Waals surface area contributed by atoms with Crippen LogP contribution in [0.15, 0.2) is 18.3 Å². The minimum absolute atomic E-state index is 0.00914. The number of amides is 2. The Hall–Kier alpha value is -1.95. The molecule has 4 N–H and O–H groups in total. The van der Waals surface area contributed by atoms with Crippen LogP contribution in [0.1, 0.15) is 19.8 Å². The molecule has 0 radical (unpaired) electrons. The maximum absolute atomic E-state index is 11.5. The molecule has 96 valence electrons. The normalized spacial score (nSPS) is 15.9. The third kappa shape index (κ3) is 3.27. The number of hydrogen-bond donors (Lipinski definition) is 3. The van der Waals surface area contributed by atoms with Gasteiger partial charge in [0.2, 0.25) is 11.8 Å². The first-order chi connectivity index (χ1) is 8.56. The Kier molecular flexibility index (Phi) is 3.57. The van der Waals surface area contributed by atoms with Crippen molar-refractivity contribution >= 4 is 23.3 Å². The summed E-state index contributed by atoms with van der Waals surface area (Å²) >= 11 is 0. The van der Waals surface area contributed by atoms with Crippen LogP contribution in [-0.2, 0) is 9.59 Å². The van der Waals surface area contributed by atoms with Crippen LogP contribution in [0.4, 0.5) is 11.5 Å². The highest BCUT2D eigenvalue weighted by molar-refractivity contribution is 5.95. The number of rotatable bonds is 4. The van der Waals surface area contributed by atoms with E-state index in [1.165, 1.54) is 6.20 Å². The number of nitrogens with zero attached hydrogens (tertiary/aromatic N) is 1. The van der Waals surface area contributed by atoms with Gasteiger partial charge in [0, 0.05) is 5.92 Å². The van der Waals surface area contributed by atoms with Crippen LogP contribution in [0.5, 0.6) is 0 Å². The fourth-order valence-corrected chi connectivity index (χ4v) is 1.37. The molecule has 6 nitrogen and oxygen atoms in total. The van der Waals surface area contributed by atoms with Gasteiger partial charge < -0.3 is 16.4 Å². The largest absolute Gasteiger partial charge is 0.323 e. The lowest BCUT2D eigenvalue weighted by molar-refractivity contribution is -0.118. The summed E-state index contributed by atoms with van der Waals surface area (Å²) in [6.45, 7) is 1.60. The van der Waals surface area contributed by atoms with Gasteiger partial charge in [-0.25, -0.2) is 4.98 Å². The van der Waals surface area contributed by atoms with Crippen molar-refractivity contribution in [3.05, 3.63) is 18.3 Å². The molecule has 1 aliphatic rings. The molecule has 1 saturated carbocycles. The SMILES string of the molecule is CC(N)C(=O)Nc1ccc(NC(=O)C2CC2)nc1. The van der Waals surface area contributed by atoms with E-state index < -0.39 is 6.04 Å². The number of pyridine rings is 1. The van der Waals surface area contributed by atoms with E-state index in [9.17, 15) is 9.59 Å². The molecule has 1 aliphatic carbocycles. The van der Waals surface area contributed by atoms with Gasteiger partial charge in [0.15, 0.2) is 0 Å². The molecule has 0 aliphatic heterocycles. The van der Waals surface area contributed by atoms with Crippen LogP contribution < -0.4 is 16.4 Å². The fourth-order valence-electron chi connectivity index (χ4n) is 1.37. The number of nitrogens with two attached hydrogens (primary N) is 1. The first-order valence-electron chi connectivity index (χ1n) is 5.89. The molecular formula is C12H16N4O2. The van der Waals surface area contributed by atoms with E-state index in [2.05, 4.69) is 15.6 Å². The minimum Gasteiger partial charge on any atom is -0.323 e. The summed E-state index contributed by atoms with van der Waals surface area (Å²) in [6, 6.07) is 2.76. The van der Waals surface area contributed by atoms with Crippen LogP contribution in [0.2, 0.25) is 0 Å². The third-order valence-corrected chi connectivity index (χ3v) is 2.64. The van der Waals surface area contributed by atoms with Gasteiger partial charge in [-0.1, -0.05) is 0 Å². The molecule has 0 aromatic carbocycles. The summed E-state index contributed by atoms with van der Waals surface area (Å²) in [5.74, 6) is 0.372. The van der Waals surface area contributed by atoms with E-state index in [0.717, 1.165) is 12.8 Å². The van der Waals surface area contributed by atoms with Crippen molar-refractivity contribution in [2.45, 2.75) is 25.8 Å². The zero-order valence-electron chi connectivity index (χ0n) is 10.1. The molecule has 2 rings (SSSR count). The van der Waals surface area contributed by atoms with Crippen LogP contribution in [0.25, 0.3) is 0 Å². The standard InChI is InChI=1S/C12H16N4O2/c1-7(13)11(17)15-9-4-5-10(14-6-9)16-12(18)8-2-3-8/h4-8H,2-3,13H2,1H3,(H,15,17)(H,14,16,18). The van der Waals surface area contributed by atoms with Crippen molar-refractivity contribution < 1.29 is 9.59 Å². The summed E-state index contributed by atoms with van der Waals surface area (Å²) < 4.78 is 0. The van der Waals surface area contributed by atoms with Gasteiger partial charge in [-0.15, -0.1) is 0 Å². The lowest BCUT2D eigenvalue weighted by Crippen LogP contribution is -2.32. The second-order valence-electron chi connectivity index (χ2n) is 4.47. The zero-order valence-corrected chi connectivity index (χ0v) is 10.1. The molecule has 1 unspecified atom stereocenters. The second kappa shape index (κ2) is 5.14. The molecule has 1 aromatic rings. The van der Waals surface area contributed by atoms with Crippen LogP contribution in [0, 0.1) is 5.92 Å². The Morgan fingerprint density at radius 2 is 2.11 bits per heavy atom. The maximum Gasteiger partial charge on any atom is 0.241 e. The predicted molar refractivity (Wildman–Crippen MR) is 67.9 cm³/mol. The lowest BCUT2D eigenvalue weighted by Gasteiger charge is -2.08. The minimum atomic E-state index is -0.570. The molecule has 2 amide bonds. The molecule has 1 fully saturated rings. The monoisotopic (exact) mass is 248 g/mol. The zero-order chi connectivity index (χ0) is 13.1. The van der Waals surface area contributed by atoms with Gasteiger partial charge in [-0.2, -0.15) is 0 Å². The van der Waals surface area contributed by atoms with Crippen LogP contribution in [-0.4, -0.2) is 22.8 Å². The quantitative estimate of drug-likeness (QED) is 0.731. The van der Waals surface area contributed by atoms with E-state index >= 15 is 0 Å². The van der Waals surface area contributed by atoms with Gasteiger partial charge in [-0.3, -0.25) is 9.59 Å². The van der Waals surface area contributed by atoms with E-state index in [0.29, 0.717) is 11.5 Å². The summed E-state index contributed by atoms with van der Waals surface area (Å²) in [4.78, 5) is 26.9. The van der Waals surface area contributed by atoms with E-state index in [1.54, 1.807) is 19.1 Å². The van der Waals surface area contributed by atoms with Gasteiger partial charge in [-0.05, 0) is 31.9 Å². The van der Waals surface area contributed by atoms with Crippen molar-refractivity contribution in [2.24, 2.45) is 11.7 Å². The molecule has 0 bridgehead atoms. The molecule has 18 heavy (non-hydrogen) atoms. The van der Waals surface area contributed by atoms with Crippen molar-refractivity contribution in [3.63, 3.8) is 0 Å². The van der Waals surface area contributed by atoms with Gasteiger partial charge in [0.05, 0.1) is 17.9 Å². The van der Waals surface area contributed by atoms with Crippen LogP contribution >= 0.6 is 0 Å². The summed E-state index contributed by atoms with van der Waals surface area (Å²) in [7, 11) is 0. The fraction of sp³-hybridized carbons (Fsp3) is 0.417. The Morgan fingerprint density at radius 1 is 1.39 bits per heavy atom. The predicted octanol–water partition coefficient (Wildman–Crippen LogP) is 0.716. The number of aromatic nitrogens is 1. The molecule has 1 aromatic heterocycles. The van der Waals surface area contributed by atoms with Gasteiger partial charge in [0.25, 0.3) is 0 Å². The highest BCUT2D eigenvalue weighted by Crippen LogP contribution is 2.29. The highest BCUT2D eigenvalue weighted by atomic mass is 16.2. The number of carbonyl (C=O) groups excluding carboxylic acids is 2. The lowest BCUT2D eigenvalue weighted by atomic mass is 10.3. The highest BCUT2D eigenvalue weighted by Gasteiger charge is 2.29. The molecule has 0 saturated heterocycles. The van der Waals surface area contributed by atoms with Crippen molar-refractivity contribution in [3.8, 4) is 0 Å². The number of carbonyl (C=O) groups is 2. The van der Waals surface area contributed by atoms with E-state index in [4.69, 9.17) is 5.73 Å². The molecule has 0 spiro atoms. The Labute approximate surface area is 105 Å². The first kappa shape index (κ1) is 12.5. The average Bonchev–Trinajstić information content (AvgIpc) is 3.15. The second-order valence-corrected chi connectivity index (χ2v) is 4.47. The Balaban J connectivity index is 1.92. The summed E-state index contributed by atoms with van der Waals surface area (Å²) in [5, 5.41) is 5.34. The number of nitrogens with one attached hydrogen (secondary N) is 2. The van der Waals surface area contributed by atoms with Gasteiger partial charge >= 0.3 is 0 Å². The Morgan fingerprint density at radius 3 is 2.61 bits per heavy atom. The number of hydrogen-bond acceptors (Lipinski definition) is 4. The number of anilines is 2. The van der Waals surface area contributed by atoms with E-state index in [-0.39, 0.29) is 17.7 Å². The average molecular weight is 248 g/mol. The molecule has 1 atom stereocenters. The van der Waals surface area contributed by atoms with Crippen LogP contribution in [0.3, 0.4) is 0 Å². The van der Waals surface area contributed by atoms with Crippen molar-refractivity contribution in [1.82, 2.24) is 4.98 Å². The van der Waals surface area contributed by atoms with Crippen molar-refractivity contribution in [2.75, 3.05) is 10.6 Å². The maximum atomic E-state index is 11.5. The molecule has 1 heterocycles. The molecular weight excluding hydrogens is 232 g/mol. The van der Waals surface area contributed by atoms with Gasteiger partial charge in [0.1, 0.15) is 5.82 Å².